The quantitative estimate of drug-likeness (QED) is 0.630. The molecule has 0 atom stereocenters. The molecule has 0 unspecified atom stereocenters. The first-order valence-electron chi connectivity index (χ1n) is 4.40. The number of methoxy groups -OCH3 is 1. The molecule has 0 saturated heterocycles. The van der Waals surface area contributed by atoms with Crippen LogP contribution in [0.5, 0.6) is 0 Å². The molecular formula is C9H19NO3. The van der Waals surface area contributed by atoms with Gasteiger partial charge < -0.3 is 9.84 Å². The van der Waals surface area contributed by atoms with Gasteiger partial charge in [0.15, 0.2) is 0 Å². The third-order valence-electron chi connectivity index (χ3n) is 1.64. The third kappa shape index (κ3) is 6.54. The zero-order valence-corrected chi connectivity index (χ0v) is 8.83. The molecule has 0 amide bonds. The van der Waals surface area contributed by atoms with Crippen LogP contribution in [0, 0.1) is 0 Å². The van der Waals surface area contributed by atoms with Gasteiger partial charge in [0.25, 0.3) is 0 Å². The Hall–Kier alpha value is -0.610. The fourth-order valence-electron chi connectivity index (χ4n) is 1.07. The highest BCUT2D eigenvalue weighted by Crippen LogP contribution is 2.04. The molecule has 0 aliphatic heterocycles. The van der Waals surface area contributed by atoms with Crippen molar-refractivity contribution in [1.29, 1.82) is 0 Å². The molecule has 0 aromatic carbocycles. The van der Waals surface area contributed by atoms with E-state index in [1.54, 1.807) is 13.8 Å². The normalized spacial score (nSPS) is 11.8. The lowest BCUT2D eigenvalue weighted by atomic mass is 10.1. The molecule has 0 aliphatic rings. The molecule has 0 saturated carbocycles. The molecule has 0 bridgehead atoms. The molecular weight excluding hydrogens is 170 g/mol. The van der Waals surface area contributed by atoms with E-state index in [0.717, 1.165) is 6.54 Å². The minimum absolute atomic E-state index is 0.233. The fourth-order valence-corrected chi connectivity index (χ4v) is 1.07. The predicted octanol–water partition coefficient (Wildman–Crippen LogP) is 0.252. The molecule has 0 rings (SSSR count). The lowest BCUT2D eigenvalue weighted by Crippen LogP contribution is -2.41. The van der Waals surface area contributed by atoms with Crippen molar-refractivity contribution in [1.82, 2.24) is 4.90 Å². The summed E-state index contributed by atoms with van der Waals surface area (Å²) in [6.07, 6.45) is 0. The number of hydrogen-bond donors (Lipinski definition) is 1. The largest absolute Gasteiger partial charge is 0.468 e. The van der Waals surface area contributed by atoms with Crippen LogP contribution in [-0.2, 0) is 9.53 Å². The molecule has 4 nitrogen and oxygen atoms in total. The van der Waals surface area contributed by atoms with Crippen LogP contribution in [0.1, 0.15) is 20.8 Å². The van der Waals surface area contributed by atoms with Crippen molar-refractivity contribution in [2.75, 3.05) is 26.7 Å². The minimum atomic E-state index is -0.774. The average Bonchev–Trinajstić information content (AvgIpc) is 2.00. The molecule has 0 aliphatic carbocycles. The summed E-state index contributed by atoms with van der Waals surface area (Å²) in [5.41, 5.74) is -0.774. The van der Waals surface area contributed by atoms with E-state index in [-0.39, 0.29) is 12.5 Å². The van der Waals surface area contributed by atoms with Gasteiger partial charge in [-0.05, 0) is 20.4 Å². The number of carbonyl (C=O) groups is 1. The molecule has 0 aromatic heterocycles. The van der Waals surface area contributed by atoms with E-state index in [1.807, 2.05) is 11.8 Å². The van der Waals surface area contributed by atoms with Gasteiger partial charge in [0.2, 0.25) is 0 Å². The fraction of sp³-hybridized carbons (Fsp3) is 0.889. The number of aliphatic hydroxyl groups is 1. The summed E-state index contributed by atoms with van der Waals surface area (Å²) in [4.78, 5) is 12.8. The topological polar surface area (TPSA) is 49.8 Å². The first kappa shape index (κ1) is 12.4. The highest BCUT2D eigenvalue weighted by molar-refractivity contribution is 5.71. The average molecular weight is 189 g/mol. The maximum atomic E-state index is 10.9. The van der Waals surface area contributed by atoms with Crippen LogP contribution in [0.15, 0.2) is 0 Å². The van der Waals surface area contributed by atoms with Crippen molar-refractivity contribution < 1.29 is 14.6 Å². The van der Waals surface area contributed by atoms with E-state index in [1.165, 1.54) is 7.11 Å². The standard InChI is InChI=1S/C9H19NO3/c1-5-10(6-8(11)13-4)7-9(2,3)12/h12H,5-7H2,1-4H3. The highest BCUT2D eigenvalue weighted by atomic mass is 16.5. The maximum absolute atomic E-state index is 10.9. The first-order valence-corrected chi connectivity index (χ1v) is 4.40. The Balaban J connectivity index is 3.97. The van der Waals surface area contributed by atoms with Gasteiger partial charge in [-0.1, -0.05) is 6.92 Å². The van der Waals surface area contributed by atoms with Crippen molar-refractivity contribution in [2.24, 2.45) is 0 Å². The third-order valence-corrected chi connectivity index (χ3v) is 1.64. The number of nitrogens with zero attached hydrogens (tertiary/aromatic N) is 1. The lowest BCUT2D eigenvalue weighted by molar-refractivity contribution is -0.142. The smallest absolute Gasteiger partial charge is 0.319 e. The monoisotopic (exact) mass is 189 g/mol. The maximum Gasteiger partial charge on any atom is 0.319 e. The Morgan fingerprint density at radius 3 is 2.38 bits per heavy atom. The van der Waals surface area contributed by atoms with Gasteiger partial charge in [0.1, 0.15) is 0 Å². The van der Waals surface area contributed by atoms with Gasteiger partial charge in [0, 0.05) is 6.54 Å². The van der Waals surface area contributed by atoms with Crippen molar-refractivity contribution >= 4 is 5.97 Å². The summed E-state index contributed by atoms with van der Waals surface area (Å²) in [5, 5.41) is 9.51. The predicted molar refractivity (Wildman–Crippen MR) is 50.4 cm³/mol. The van der Waals surface area contributed by atoms with Crippen LogP contribution in [0.3, 0.4) is 0 Å². The van der Waals surface area contributed by atoms with E-state index >= 15 is 0 Å². The number of rotatable bonds is 5. The molecule has 78 valence electrons. The zero-order valence-electron chi connectivity index (χ0n) is 8.83. The summed E-state index contributed by atoms with van der Waals surface area (Å²) >= 11 is 0. The van der Waals surface area contributed by atoms with Crippen LogP contribution >= 0.6 is 0 Å². The molecule has 0 fully saturated rings. The number of carbonyl (C=O) groups excluding carboxylic acids is 1. The van der Waals surface area contributed by atoms with Crippen LogP contribution in [-0.4, -0.2) is 48.3 Å². The summed E-state index contributed by atoms with van der Waals surface area (Å²) in [6, 6.07) is 0. The van der Waals surface area contributed by atoms with Crippen molar-refractivity contribution in [2.45, 2.75) is 26.4 Å². The summed E-state index contributed by atoms with van der Waals surface area (Å²) in [6.45, 7) is 6.79. The summed E-state index contributed by atoms with van der Waals surface area (Å²) in [7, 11) is 1.36. The molecule has 4 heteroatoms. The van der Waals surface area contributed by atoms with Gasteiger partial charge in [0.05, 0.1) is 19.3 Å². The van der Waals surface area contributed by atoms with Gasteiger partial charge in [-0.15, -0.1) is 0 Å². The Bertz CT molecular complexity index is 163. The molecule has 1 N–H and O–H groups in total. The number of esters is 1. The van der Waals surface area contributed by atoms with Crippen LogP contribution < -0.4 is 0 Å². The first-order chi connectivity index (χ1) is 5.89. The van der Waals surface area contributed by atoms with Crippen LogP contribution in [0.2, 0.25) is 0 Å². The number of ether oxygens (including phenoxy) is 1. The van der Waals surface area contributed by atoms with E-state index in [9.17, 15) is 9.90 Å². The molecule has 0 spiro atoms. The Labute approximate surface area is 79.5 Å². The summed E-state index contributed by atoms with van der Waals surface area (Å²) in [5.74, 6) is -0.272. The van der Waals surface area contributed by atoms with Gasteiger partial charge >= 0.3 is 5.97 Å². The van der Waals surface area contributed by atoms with Gasteiger partial charge in [-0.3, -0.25) is 9.69 Å². The number of hydrogen-bond acceptors (Lipinski definition) is 4. The Morgan fingerprint density at radius 2 is 2.08 bits per heavy atom. The van der Waals surface area contributed by atoms with Crippen molar-refractivity contribution in [3.63, 3.8) is 0 Å². The molecule has 0 aromatic rings. The lowest BCUT2D eigenvalue weighted by Gasteiger charge is -2.26. The molecule has 0 heterocycles. The SMILES string of the molecule is CCN(CC(=O)OC)CC(C)(C)O. The van der Waals surface area contributed by atoms with Crippen molar-refractivity contribution in [3.05, 3.63) is 0 Å². The Morgan fingerprint density at radius 1 is 1.54 bits per heavy atom. The number of likely N-dealkylation sites (N-methyl/N-ethyl adjacent to an activating group) is 1. The molecule has 13 heavy (non-hydrogen) atoms. The van der Waals surface area contributed by atoms with Crippen LogP contribution in [0.25, 0.3) is 0 Å². The van der Waals surface area contributed by atoms with E-state index in [2.05, 4.69) is 4.74 Å². The molecule has 0 radical (unpaired) electrons. The van der Waals surface area contributed by atoms with Gasteiger partial charge in [-0.2, -0.15) is 0 Å². The van der Waals surface area contributed by atoms with E-state index in [0.29, 0.717) is 6.54 Å². The second kappa shape index (κ2) is 5.19. The minimum Gasteiger partial charge on any atom is -0.468 e. The summed E-state index contributed by atoms with van der Waals surface area (Å²) < 4.78 is 4.53. The highest BCUT2D eigenvalue weighted by Gasteiger charge is 2.18. The Kier molecular flexibility index (Phi) is 4.95. The van der Waals surface area contributed by atoms with E-state index in [4.69, 9.17) is 0 Å². The second-order valence-electron chi connectivity index (χ2n) is 3.69. The van der Waals surface area contributed by atoms with E-state index < -0.39 is 5.60 Å². The van der Waals surface area contributed by atoms with Crippen molar-refractivity contribution in [3.8, 4) is 0 Å². The van der Waals surface area contributed by atoms with Crippen LogP contribution in [0.4, 0.5) is 0 Å². The zero-order chi connectivity index (χ0) is 10.5. The second-order valence-corrected chi connectivity index (χ2v) is 3.69. The van der Waals surface area contributed by atoms with Gasteiger partial charge in [-0.25, -0.2) is 0 Å².